The van der Waals surface area contributed by atoms with E-state index < -0.39 is 0 Å². The molecule has 0 aromatic heterocycles. The largest absolute Gasteiger partial charge is 0.373 e. The van der Waals surface area contributed by atoms with Gasteiger partial charge in [0.15, 0.2) is 0 Å². The van der Waals surface area contributed by atoms with Crippen molar-refractivity contribution in [3.05, 3.63) is 48.0 Å². The zero-order valence-corrected chi connectivity index (χ0v) is 8.52. The van der Waals surface area contributed by atoms with Crippen molar-refractivity contribution >= 4 is 0 Å². The van der Waals surface area contributed by atoms with E-state index >= 15 is 0 Å². The SMILES string of the molecule is C[C@@H](c1ccccc1)[C@@H]1CC=CCO1. The molecule has 0 fully saturated rings. The molecule has 0 N–H and O–H groups in total. The molecule has 14 heavy (non-hydrogen) atoms. The predicted octanol–water partition coefficient (Wildman–Crippen LogP) is 3.14. The van der Waals surface area contributed by atoms with E-state index in [4.69, 9.17) is 4.74 Å². The molecule has 74 valence electrons. The predicted molar refractivity (Wildman–Crippen MR) is 58.4 cm³/mol. The number of hydrogen-bond donors (Lipinski definition) is 0. The first-order chi connectivity index (χ1) is 6.88. The van der Waals surface area contributed by atoms with E-state index in [2.05, 4.69) is 49.4 Å². The van der Waals surface area contributed by atoms with Gasteiger partial charge < -0.3 is 4.74 Å². The second-order valence-corrected chi connectivity index (χ2v) is 3.78. The quantitative estimate of drug-likeness (QED) is 0.648. The first-order valence-corrected chi connectivity index (χ1v) is 5.19. The van der Waals surface area contributed by atoms with Gasteiger partial charge in [0.2, 0.25) is 0 Å². The normalized spacial score (nSPS) is 23.4. The van der Waals surface area contributed by atoms with E-state index in [1.807, 2.05) is 0 Å². The Bertz CT molecular complexity index is 302. The van der Waals surface area contributed by atoms with Crippen LogP contribution in [0.3, 0.4) is 0 Å². The highest BCUT2D eigenvalue weighted by Crippen LogP contribution is 2.25. The Kier molecular flexibility index (Phi) is 3.00. The van der Waals surface area contributed by atoms with Crippen LogP contribution in [-0.2, 0) is 4.74 Å². The minimum atomic E-state index is 0.349. The molecule has 0 amide bonds. The lowest BCUT2D eigenvalue weighted by Crippen LogP contribution is -2.22. The minimum Gasteiger partial charge on any atom is -0.373 e. The van der Waals surface area contributed by atoms with Crippen LogP contribution in [0.15, 0.2) is 42.5 Å². The third kappa shape index (κ3) is 2.05. The monoisotopic (exact) mass is 188 g/mol. The Morgan fingerprint density at radius 2 is 2.00 bits per heavy atom. The summed E-state index contributed by atoms with van der Waals surface area (Å²) >= 11 is 0. The summed E-state index contributed by atoms with van der Waals surface area (Å²) < 4.78 is 5.71. The minimum absolute atomic E-state index is 0.349. The average molecular weight is 188 g/mol. The molecule has 0 saturated heterocycles. The second-order valence-electron chi connectivity index (χ2n) is 3.78. The van der Waals surface area contributed by atoms with E-state index in [1.165, 1.54) is 5.56 Å². The molecule has 1 heterocycles. The fraction of sp³-hybridized carbons (Fsp3) is 0.385. The highest BCUT2D eigenvalue weighted by molar-refractivity contribution is 5.20. The Morgan fingerprint density at radius 3 is 2.64 bits per heavy atom. The molecule has 1 aromatic carbocycles. The number of benzene rings is 1. The zero-order chi connectivity index (χ0) is 9.80. The van der Waals surface area contributed by atoms with Gasteiger partial charge in [0, 0.05) is 5.92 Å². The summed E-state index contributed by atoms with van der Waals surface area (Å²) in [7, 11) is 0. The number of rotatable bonds is 2. The van der Waals surface area contributed by atoms with Crippen LogP contribution < -0.4 is 0 Å². The fourth-order valence-corrected chi connectivity index (χ4v) is 1.87. The van der Waals surface area contributed by atoms with Gasteiger partial charge in [0.05, 0.1) is 12.7 Å². The van der Waals surface area contributed by atoms with Crippen LogP contribution in [0.5, 0.6) is 0 Å². The van der Waals surface area contributed by atoms with E-state index in [-0.39, 0.29) is 0 Å². The first kappa shape index (κ1) is 9.47. The molecule has 0 aliphatic carbocycles. The molecule has 1 aromatic rings. The van der Waals surface area contributed by atoms with Gasteiger partial charge >= 0.3 is 0 Å². The Morgan fingerprint density at radius 1 is 1.21 bits per heavy atom. The van der Waals surface area contributed by atoms with E-state index in [1.54, 1.807) is 0 Å². The standard InChI is InChI=1S/C13H16O/c1-11(12-7-3-2-4-8-12)13-9-5-6-10-14-13/h2-8,11,13H,9-10H2,1H3/t11-,13-/m0/s1. The van der Waals surface area contributed by atoms with Crippen molar-refractivity contribution in [2.75, 3.05) is 6.61 Å². The van der Waals surface area contributed by atoms with Crippen molar-refractivity contribution in [2.24, 2.45) is 0 Å². The zero-order valence-electron chi connectivity index (χ0n) is 8.52. The molecular formula is C13H16O. The summed E-state index contributed by atoms with van der Waals surface area (Å²) in [5.41, 5.74) is 1.37. The average Bonchev–Trinajstić information content (AvgIpc) is 2.30. The number of hydrogen-bond acceptors (Lipinski definition) is 1. The summed E-state index contributed by atoms with van der Waals surface area (Å²) in [6, 6.07) is 10.6. The van der Waals surface area contributed by atoms with Crippen LogP contribution in [0.4, 0.5) is 0 Å². The van der Waals surface area contributed by atoms with Crippen molar-refractivity contribution in [1.82, 2.24) is 0 Å². The van der Waals surface area contributed by atoms with E-state index in [0.29, 0.717) is 12.0 Å². The van der Waals surface area contributed by atoms with Gasteiger partial charge in [0.25, 0.3) is 0 Å². The molecule has 0 saturated carbocycles. The van der Waals surface area contributed by atoms with Crippen LogP contribution in [0.2, 0.25) is 0 Å². The van der Waals surface area contributed by atoms with E-state index in [0.717, 1.165) is 13.0 Å². The van der Waals surface area contributed by atoms with Crippen molar-refractivity contribution in [2.45, 2.75) is 25.4 Å². The Hall–Kier alpha value is -1.08. The van der Waals surface area contributed by atoms with Gasteiger partial charge in [-0.05, 0) is 12.0 Å². The maximum atomic E-state index is 5.71. The van der Waals surface area contributed by atoms with Gasteiger partial charge in [-0.1, -0.05) is 49.4 Å². The topological polar surface area (TPSA) is 9.23 Å². The summed E-state index contributed by atoms with van der Waals surface area (Å²) in [4.78, 5) is 0. The Balaban J connectivity index is 2.08. The van der Waals surface area contributed by atoms with Crippen molar-refractivity contribution < 1.29 is 4.74 Å². The smallest absolute Gasteiger partial charge is 0.0679 e. The summed E-state index contributed by atoms with van der Waals surface area (Å²) in [6.45, 7) is 3.00. The lowest BCUT2D eigenvalue weighted by molar-refractivity contribution is 0.0514. The van der Waals surface area contributed by atoms with Gasteiger partial charge in [0.1, 0.15) is 0 Å². The molecule has 0 unspecified atom stereocenters. The van der Waals surface area contributed by atoms with Gasteiger partial charge in [-0.3, -0.25) is 0 Å². The summed E-state index contributed by atoms with van der Waals surface area (Å²) in [6.07, 6.45) is 5.69. The van der Waals surface area contributed by atoms with Crippen molar-refractivity contribution in [3.8, 4) is 0 Å². The van der Waals surface area contributed by atoms with Crippen LogP contribution in [0.25, 0.3) is 0 Å². The maximum absolute atomic E-state index is 5.71. The van der Waals surface area contributed by atoms with Crippen molar-refractivity contribution in [3.63, 3.8) is 0 Å². The molecule has 1 aliphatic heterocycles. The van der Waals surface area contributed by atoms with Gasteiger partial charge in [-0.15, -0.1) is 0 Å². The Labute approximate surface area is 85.4 Å². The van der Waals surface area contributed by atoms with Crippen molar-refractivity contribution in [1.29, 1.82) is 0 Å². The maximum Gasteiger partial charge on any atom is 0.0679 e. The summed E-state index contributed by atoms with van der Waals surface area (Å²) in [5.74, 6) is 0.487. The number of ether oxygens (including phenoxy) is 1. The molecule has 1 aliphatic rings. The van der Waals surface area contributed by atoms with Crippen LogP contribution in [0, 0.1) is 0 Å². The summed E-state index contributed by atoms with van der Waals surface area (Å²) in [5, 5.41) is 0. The molecule has 0 spiro atoms. The molecule has 1 nitrogen and oxygen atoms in total. The highest BCUT2D eigenvalue weighted by atomic mass is 16.5. The molecular weight excluding hydrogens is 172 g/mol. The molecule has 0 radical (unpaired) electrons. The third-order valence-corrected chi connectivity index (χ3v) is 2.82. The molecule has 1 heteroatoms. The lowest BCUT2D eigenvalue weighted by Gasteiger charge is -2.25. The fourth-order valence-electron chi connectivity index (χ4n) is 1.87. The molecule has 2 rings (SSSR count). The molecule has 0 bridgehead atoms. The lowest BCUT2D eigenvalue weighted by atomic mass is 9.92. The van der Waals surface area contributed by atoms with Crippen LogP contribution in [-0.4, -0.2) is 12.7 Å². The second kappa shape index (κ2) is 4.43. The van der Waals surface area contributed by atoms with Crippen LogP contribution in [0.1, 0.15) is 24.8 Å². The van der Waals surface area contributed by atoms with Gasteiger partial charge in [-0.2, -0.15) is 0 Å². The third-order valence-electron chi connectivity index (χ3n) is 2.82. The highest BCUT2D eigenvalue weighted by Gasteiger charge is 2.19. The van der Waals surface area contributed by atoms with Gasteiger partial charge in [-0.25, -0.2) is 0 Å². The van der Waals surface area contributed by atoms with Crippen LogP contribution >= 0.6 is 0 Å². The molecule has 2 atom stereocenters. The first-order valence-electron chi connectivity index (χ1n) is 5.19. The van der Waals surface area contributed by atoms with E-state index in [9.17, 15) is 0 Å².